The van der Waals surface area contributed by atoms with E-state index in [0.29, 0.717) is 19.3 Å². The van der Waals surface area contributed by atoms with Crippen LogP contribution >= 0.6 is 0 Å². The maximum atomic E-state index is 13.1. The van der Waals surface area contributed by atoms with E-state index in [1.165, 1.54) is 12.8 Å². The molecule has 1 aliphatic rings. The van der Waals surface area contributed by atoms with E-state index in [1.54, 1.807) is 12.2 Å². The van der Waals surface area contributed by atoms with Crippen LogP contribution in [0.15, 0.2) is 109 Å². The molecule has 71 heavy (non-hydrogen) atoms. The van der Waals surface area contributed by atoms with E-state index in [-0.39, 0.29) is 25.9 Å². The number of carboxylic acids is 1. The van der Waals surface area contributed by atoms with Crippen molar-refractivity contribution < 1.29 is 58.2 Å². The summed E-state index contributed by atoms with van der Waals surface area (Å²) in [5, 5.41) is 31.3. The molecule has 1 aliphatic heterocycles. The first-order valence-corrected chi connectivity index (χ1v) is 26.9. The van der Waals surface area contributed by atoms with Crippen LogP contribution in [0, 0.1) is 0 Å². The number of aliphatic carboxylic acids is 1. The van der Waals surface area contributed by atoms with Crippen LogP contribution < -0.4 is 0 Å². The molecule has 1 rings (SSSR count). The van der Waals surface area contributed by atoms with Crippen LogP contribution in [0.1, 0.15) is 188 Å². The third kappa shape index (κ3) is 36.9. The molecule has 1 fully saturated rings. The van der Waals surface area contributed by atoms with Gasteiger partial charge in [0.05, 0.1) is 13.0 Å². The van der Waals surface area contributed by atoms with Crippen molar-refractivity contribution >= 4 is 23.9 Å². The Balaban J connectivity index is 2.79. The Morgan fingerprint density at radius 2 is 0.930 bits per heavy atom. The molecule has 0 aromatic heterocycles. The Bertz CT molecular complexity index is 1650. The summed E-state index contributed by atoms with van der Waals surface area (Å²) < 4.78 is 28.1. The first-order chi connectivity index (χ1) is 34.6. The fourth-order valence-corrected chi connectivity index (χ4v) is 7.26. The molecule has 3 N–H and O–H groups in total. The third-order valence-corrected chi connectivity index (χ3v) is 11.3. The highest BCUT2D eigenvalue weighted by molar-refractivity contribution is 5.74. The van der Waals surface area contributed by atoms with Gasteiger partial charge in [-0.25, -0.2) is 4.79 Å². The number of hydrogen-bond donors (Lipinski definition) is 3. The fourth-order valence-electron chi connectivity index (χ4n) is 7.26. The molecule has 12 nitrogen and oxygen atoms in total. The van der Waals surface area contributed by atoms with Gasteiger partial charge in [-0.05, 0) is 96.3 Å². The van der Waals surface area contributed by atoms with Crippen molar-refractivity contribution in [2.24, 2.45) is 0 Å². The maximum Gasteiger partial charge on any atom is 0.335 e. The molecule has 0 amide bonds. The number of allylic oxidation sites excluding steroid dienone is 17. The van der Waals surface area contributed by atoms with E-state index in [2.05, 4.69) is 106 Å². The zero-order valence-corrected chi connectivity index (χ0v) is 43.7. The summed E-state index contributed by atoms with van der Waals surface area (Å²) in [6.07, 6.45) is 49.6. The largest absolute Gasteiger partial charge is 0.479 e. The molecule has 0 aromatic rings. The molecule has 0 radical (unpaired) electrons. The Labute approximate surface area is 427 Å². The summed E-state index contributed by atoms with van der Waals surface area (Å²) in [7, 11) is 0. The standard InChI is InChI=1S/C59H92O12/c1-4-7-10-13-16-19-22-24-26-28-31-33-36-39-42-45-51(60)67-48-50(69-52(61)46-43-40-37-34-30-21-18-15-12-9-6-3)49-68-59-57(55(64)54(63)56(71-59)58(65)66)70-53(62)47-44-41-38-35-32-29-27-25-23-20-17-14-11-8-5-2/h7-8,10-11,15-20,24-27,32,35,41,44,50,54-57,59,63-64H,4-6,9,12-14,21-23,28-31,33-34,36-40,42-43,45-49H2,1-3H3,(H,65,66)/b10-7-,11-8-,18-15-,19-16-,20-17-,26-24-,27-25-,35-32-,44-41-. The molecule has 12 heteroatoms. The van der Waals surface area contributed by atoms with Crippen LogP contribution in [0.4, 0.5) is 0 Å². The lowest BCUT2D eigenvalue weighted by Crippen LogP contribution is -2.61. The minimum absolute atomic E-state index is 0.132. The van der Waals surface area contributed by atoms with Crippen molar-refractivity contribution in [1.82, 2.24) is 0 Å². The van der Waals surface area contributed by atoms with Gasteiger partial charge in [0.15, 0.2) is 24.6 Å². The molecule has 1 heterocycles. The van der Waals surface area contributed by atoms with Crippen molar-refractivity contribution in [3.05, 3.63) is 109 Å². The lowest BCUT2D eigenvalue weighted by molar-refractivity contribution is -0.301. The van der Waals surface area contributed by atoms with Gasteiger partial charge in [0.2, 0.25) is 0 Å². The van der Waals surface area contributed by atoms with Gasteiger partial charge in [0.25, 0.3) is 0 Å². The van der Waals surface area contributed by atoms with E-state index in [9.17, 15) is 34.5 Å². The molecule has 6 unspecified atom stereocenters. The van der Waals surface area contributed by atoms with Crippen LogP contribution in [-0.4, -0.2) is 89.2 Å². The van der Waals surface area contributed by atoms with Crippen LogP contribution in [0.25, 0.3) is 0 Å². The second-order valence-corrected chi connectivity index (χ2v) is 17.8. The summed E-state index contributed by atoms with van der Waals surface area (Å²) in [6.45, 7) is 5.62. The van der Waals surface area contributed by atoms with Crippen molar-refractivity contribution in [3.8, 4) is 0 Å². The highest BCUT2D eigenvalue weighted by atomic mass is 16.7. The molecule has 0 bridgehead atoms. The van der Waals surface area contributed by atoms with Gasteiger partial charge in [-0.15, -0.1) is 0 Å². The molecular formula is C59H92O12. The first kappa shape index (κ1) is 64.4. The number of aliphatic hydroxyl groups excluding tert-OH is 2. The predicted octanol–water partition coefficient (Wildman–Crippen LogP) is 13.1. The Morgan fingerprint density at radius 3 is 1.44 bits per heavy atom. The average molecular weight is 993 g/mol. The first-order valence-electron chi connectivity index (χ1n) is 26.9. The molecule has 6 atom stereocenters. The second-order valence-electron chi connectivity index (χ2n) is 17.8. The number of carboxylic acid groups (broad SMARTS) is 1. The van der Waals surface area contributed by atoms with E-state index in [0.717, 1.165) is 116 Å². The zero-order chi connectivity index (χ0) is 51.8. The minimum atomic E-state index is -1.94. The highest BCUT2D eigenvalue weighted by Gasteiger charge is 2.50. The van der Waals surface area contributed by atoms with E-state index in [4.69, 9.17) is 23.7 Å². The van der Waals surface area contributed by atoms with Crippen molar-refractivity contribution in [2.75, 3.05) is 13.2 Å². The van der Waals surface area contributed by atoms with Gasteiger partial charge in [-0.3, -0.25) is 14.4 Å². The van der Waals surface area contributed by atoms with Crippen LogP contribution in [0.5, 0.6) is 0 Å². The van der Waals surface area contributed by atoms with Crippen LogP contribution in [0.3, 0.4) is 0 Å². The average Bonchev–Trinajstić information content (AvgIpc) is 3.35. The van der Waals surface area contributed by atoms with Gasteiger partial charge >= 0.3 is 23.9 Å². The number of esters is 3. The molecule has 1 saturated heterocycles. The Morgan fingerprint density at radius 1 is 0.493 bits per heavy atom. The topological polar surface area (TPSA) is 175 Å². The molecule has 0 aliphatic carbocycles. The Hall–Kier alpha value is -4.62. The number of hydrogen-bond acceptors (Lipinski definition) is 11. The molecule has 0 spiro atoms. The van der Waals surface area contributed by atoms with Crippen molar-refractivity contribution in [2.45, 2.75) is 225 Å². The number of carbonyl (C=O) groups excluding carboxylic acids is 3. The summed E-state index contributed by atoms with van der Waals surface area (Å²) in [4.78, 5) is 50.8. The van der Waals surface area contributed by atoms with Crippen molar-refractivity contribution in [3.63, 3.8) is 0 Å². The number of aliphatic hydroxyl groups is 2. The van der Waals surface area contributed by atoms with Crippen LogP contribution in [0.2, 0.25) is 0 Å². The number of ether oxygens (including phenoxy) is 5. The van der Waals surface area contributed by atoms with Crippen molar-refractivity contribution in [1.29, 1.82) is 0 Å². The quantitative estimate of drug-likeness (QED) is 0.0229. The lowest BCUT2D eigenvalue weighted by Gasteiger charge is -2.40. The SMILES string of the molecule is CC/C=C\C/C=C\C/C=C\C/C=C\C/C=C\CC(=O)OC1C(OCC(COC(=O)CCCCCCC/C=C\C/C=C\C/C=C\CC)OC(=O)CCCCCCC/C=C\CCCC)OC(C(=O)O)C(O)C1O. The Kier molecular flexibility index (Phi) is 42.1. The van der Waals surface area contributed by atoms with Gasteiger partial charge in [0.1, 0.15) is 18.8 Å². The number of carbonyl (C=O) groups is 4. The molecule has 0 saturated carbocycles. The number of rotatable bonds is 43. The monoisotopic (exact) mass is 993 g/mol. The maximum absolute atomic E-state index is 13.1. The number of unbranched alkanes of at least 4 members (excludes halogenated alkanes) is 12. The smallest absolute Gasteiger partial charge is 0.335 e. The highest BCUT2D eigenvalue weighted by Crippen LogP contribution is 2.26. The van der Waals surface area contributed by atoms with E-state index >= 15 is 0 Å². The lowest BCUT2D eigenvalue weighted by atomic mass is 9.98. The summed E-state index contributed by atoms with van der Waals surface area (Å²) in [6, 6.07) is 0. The summed E-state index contributed by atoms with van der Waals surface area (Å²) in [5.74, 6) is -3.34. The summed E-state index contributed by atoms with van der Waals surface area (Å²) in [5.41, 5.74) is 0. The minimum Gasteiger partial charge on any atom is -0.479 e. The summed E-state index contributed by atoms with van der Waals surface area (Å²) >= 11 is 0. The third-order valence-electron chi connectivity index (χ3n) is 11.3. The van der Waals surface area contributed by atoms with Gasteiger partial charge in [-0.2, -0.15) is 0 Å². The zero-order valence-electron chi connectivity index (χ0n) is 43.7. The van der Waals surface area contributed by atoms with E-state index in [1.807, 2.05) is 12.2 Å². The van der Waals surface area contributed by atoms with Gasteiger partial charge < -0.3 is 39.0 Å². The molecular weight excluding hydrogens is 901 g/mol. The fraction of sp³-hybridized carbons (Fsp3) is 0.627. The van der Waals surface area contributed by atoms with Gasteiger partial charge in [0, 0.05) is 12.8 Å². The predicted molar refractivity (Wildman–Crippen MR) is 284 cm³/mol. The molecule has 0 aromatic carbocycles. The molecule has 400 valence electrons. The normalized spacial score (nSPS) is 19.4. The van der Waals surface area contributed by atoms with Crippen LogP contribution in [-0.2, 0) is 42.9 Å². The second kappa shape index (κ2) is 46.5. The van der Waals surface area contributed by atoms with E-state index < -0.39 is 67.3 Å². The van der Waals surface area contributed by atoms with Gasteiger partial charge in [-0.1, -0.05) is 182 Å².